The SMILES string of the molecule is Cc1c(-c2ccc(N)cc2)c(C)c(-c2c(C)c(-c3ccc(N)cc3)c(C)c(-c3ccc(N)cc3)c2C)c(C)c1-c1ccc(N)cc1. The summed E-state index contributed by atoms with van der Waals surface area (Å²) in [7, 11) is 0. The minimum atomic E-state index is 0.747. The van der Waals surface area contributed by atoms with Gasteiger partial charge in [-0.05, 0) is 179 Å². The molecule has 0 aliphatic rings. The Labute approximate surface area is 272 Å². The second-order valence-electron chi connectivity index (χ2n) is 12.5. The molecular formula is C42H42N4. The predicted octanol–water partition coefficient (Wildman–Crippen LogP) is 10.2. The maximum Gasteiger partial charge on any atom is 0.0314 e. The van der Waals surface area contributed by atoms with Crippen molar-refractivity contribution in [2.24, 2.45) is 0 Å². The summed E-state index contributed by atoms with van der Waals surface area (Å²) in [6, 6.07) is 32.9. The first-order chi connectivity index (χ1) is 22.0. The van der Waals surface area contributed by atoms with E-state index >= 15 is 0 Å². The van der Waals surface area contributed by atoms with Crippen LogP contribution in [0.25, 0.3) is 55.6 Å². The van der Waals surface area contributed by atoms with Crippen molar-refractivity contribution in [3.05, 3.63) is 130 Å². The Morgan fingerprint density at radius 2 is 0.391 bits per heavy atom. The Hall–Kier alpha value is -5.48. The van der Waals surface area contributed by atoms with Gasteiger partial charge in [0.25, 0.3) is 0 Å². The largest absolute Gasteiger partial charge is 0.399 e. The fourth-order valence-corrected chi connectivity index (χ4v) is 7.52. The van der Waals surface area contributed by atoms with Crippen LogP contribution in [0.5, 0.6) is 0 Å². The van der Waals surface area contributed by atoms with Crippen molar-refractivity contribution >= 4 is 22.7 Å². The summed E-state index contributed by atoms with van der Waals surface area (Å²) in [6.45, 7) is 13.5. The van der Waals surface area contributed by atoms with Gasteiger partial charge in [-0.25, -0.2) is 0 Å². The molecular weight excluding hydrogens is 560 g/mol. The van der Waals surface area contributed by atoms with Gasteiger partial charge in [-0.2, -0.15) is 0 Å². The molecule has 0 fully saturated rings. The van der Waals surface area contributed by atoms with Crippen molar-refractivity contribution in [2.45, 2.75) is 41.5 Å². The van der Waals surface area contributed by atoms with Crippen LogP contribution in [0.2, 0.25) is 0 Å². The van der Waals surface area contributed by atoms with Gasteiger partial charge in [0, 0.05) is 22.7 Å². The second kappa shape index (κ2) is 11.8. The van der Waals surface area contributed by atoms with Crippen molar-refractivity contribution in [3.63, 3.8) is 0 Å². The number of benzene rings is 6. The van der Waals surface area contributed by atoms with E-state index in [4.69, 9.17) is 22.9 Å². The van der Waals surface area contributed by atoms with E-state index in [1.165, 1.54) is 66.8 Å². The smallest absolute Gasteiger partial charge is 0.0314 e. The van der Waals surface area contributed by atoms with Gasteiger partial charge in [-0.15, -0.1) is 0 Å². The van der Waals surface area contributed by atoms with Crippen LogP contribution in [0.4, 0.5) is 22.7 Å². The van der Waals surface area contributed by atoms with Gasteiger partial charge in [-0.1, -0.05) is 48.5 Å². The minimum Gasteiger partial charge on any atom is -0.399 e. The van der Waals surface area contributed by atoms with Crippen LogP contribution < -0.4 is 22.9 Å². The first-order valence-electron chi connectivity index (χ1n) is 15.7. The molecule has 0 aliphatic heterocycles. The molecule has 0 aliphatic carbocycles. The molecule has 0 atom stereocenters. The molecule has 230 valence electrons. The zero-order chi connectivity index (χ0) is 32.9. The quantitative estimate of drug-likeness (QED) is 0.147. The standard InChI is InChI=1S/C42H42N4/c1-23-37(29-7-15-33(43)16-8-29)25(3)41(26(4)38(23)30-9-17-34(44)18-10-30)42-27(5)39(31-11-19-35(45)20-12-31)24(2)40(28(42)6)32-13-21-36(46)22-14-32/h7-22H,43-46H2,1-6H3. The maximum absolute atomic E-state index is 6.15. The molecule has 0 bridgehead atoms. The number of anilines is 4. The lowest BCUT2D eigenvalue weighted by atomic mass is 9.75. The highest BCUT2D eigenvalue weighted by atomic mass is 14.5. The molecule has 6 aromatic carbocycles. The van der Waals surface area contributed by atoms with Crippen LogP contribution in [-0.2, 0) is 0 Å². The zero-order valence-electron chi connectivity index (χ0n) is 27.5. The highest BCUT2D eigenvalue weighted by Gasteiger charge is 2.26. The Bertz CT molecular complexity index is 1790. The third-order valence-corrected chi connectivity index (χ3v) is 9.55. The predicted molar refractivity (Wildman–Crippen MR) is 200 cm³/mol. The van der Waals surface area contributed by atoms with E-state index in [0.29, 0.717) is 0 Å². The molecule has 46 heavy (non-hydrogen) atoms. The third-order valence-electron chi connectivity index (χ3n) is 9.55. The van der Waals surface area contributed by atoms with Crippen molar-refractivity contribution in [2.75, 3.05) is 22.9 Å². The van der Waals surface area contributed by atoms with E-state index in [1.807, 2.05) is 48.5 Å². The minimum absolute atomic E-state index is 0.747. The van der Waals surface area contributed by atoms with Crippen LogP contribution in [0, 0.1) is 41.5 Å². The highest BCUT2D eigenvalue weighted by Crippen LogP contribution is 2.50. The summed E-state index contributed by atoms with van der Waals surface area (Å²) >= 11 is 0. The summed E-state index contributed by atoms with van der Waals surface area (Å²) in [4.78, 5) is 0. The van der Waals surface area contributed by atoms with Gasteiger partial charge in [0.1, 0.15) is 0 Å². The second-order valence-corrected chi connectivity index (χ2v) is 12.5. The molecule has 4 heteroatoms. The monoisotopic (exact) mass is 602 g/mol. The van der Waals surface area contributed by atoms with Crippen LogP contribution in [0.15, 0.2) is 97.1 Å². The lowest BCUT2D eigenvalue weighted by Gasteiger charge is -2.28. The number of nitrogens with two attached hydrogens (primary N) is 4. The average Bonchev–Trinajstić information content (AvgIpc) is 3.02. The summed E-state index contributed by atoms with van der Waals surface area (Å²) in [5.41, 5.74) is 46.9. The van der Waals surface area contributed by atoms with Gasteiger partial charge in [0.05, 0.1) is 0 Å². The lowest BCUT2D eigenvalue weighted by molar-refractivity contribution is 1.27. The fourth-order valence-electron chi connectivity index (χ4n) is 7.52. The molecule has 8 N–H and O–H groups in total. The van der Waals surface area contributed by atoms with Crippen molar-refractivity contribution in [1.29, 1.82) is 0 Å². The molecule has 0 saturated carbocycles. The van der Waals surface area contributed by atoms with Gasteiger partial charge < -0.3 is 22.9 Å². The van der Waals surface area contributed by atoms with Gasteiger partial charge in [0.2, 0.25) is 0 Å². The normalized spacial score (nSPS) is 11.2. The summed E-state index contributed by atoms with van der Waals surface area (Å²) in [5.74, 6) is 0. The van der Waals surface area contributed by atoms with Crippen LogP contribution in [0.3, 0.4) is 0 Å². The molecule has 0 saturated heterocycles. The maximum atomic E-state index is 6.15. The van der Waals surface area contributed by atoms with Gasteiger partial charge in [-0.3, -0.25) is 0 Å². The summed E-state index contributed by atoms with van der Waals surface area (Å²) in [5, 5.41) is 0. The number of rotatable bonds is 5. The average molecular weight is 603 g/mol. The van der Waals surface area contributed by atoms with Gasteiger partial charge in [0.15, 0.2) is 0 Å². The first kappa shape index (κ1) is 30.5. The van der Waals surface area contributed by atoms with E-state index in [0.717, 1.165) is 45.0 Å². The van der Waals surface area contributed by atoms with E-state index in [2.05, 4.69) is 90.1 Å². The number of hydrogen-bond acceptors (Lipinski definition) is 4. The molecule has 4 nitrogen and oxygen atoms in total. The molecule has 6 aromatic rings. The van der Waals surface area contributed by atoms with Crippen LogP contribution in [-0.4, -0.2) is 0 Å². The van der Waals surface area contributed by atoms with Gasteiger partial charge >= 0.3 is 0 Å². The molecule has 0 unspecified atom stereocenters. The number of hydrogen-bond donors (Lipinski definition) is 4. The van der Waals surface area contributed by atoms with E-state index in [-0.39, 0.29) is 0 Å². The highest BCUT2D eigenvalue weighted by molar-refractivity contribution is 5.98. The summed E-state index contributed by atoms with van der Waals surface area (Å²) < 4.78 is 0. The van der Waals surface area contributed by atoms with Crippen LogP contribution in [0.1, 0.15) is 33.4 Å². The Morgan fingerprint density at radius 3 is 0.565 bits per heavy atom. The molecule has 0 amide bonds. The zero-order valence-corrected chi connectivity index (χ0v) is 27.5. The van der Waals surface area contributed by atoms with Crippen molar-refractivity contribution < 1.29 is 0 Å². The number of nitrogen functional groups attached to an aromatic ring is 4. The molecule has 0 spiro atoms. The third kappa shape index (κ3) is 5.16. The van der Waals surface area contributed by atoms with Crippen molar-refractivity contribution in [3.8, 4) is 55.6 Å². The molecule has 6 rings (SSSR count). The Morgan fingerprint density at radius 1 is 0.239 bits per heavy atom. The Balaban J connectivity index is 1.79. The molecule has 0 radical (unpaired) electrons. The lowest BCUT2D eigenvalue weighted by Crippen LogP contribution is -2.06. The van der Waals surface area contributed by atoms with Crippen LogP contribution >= 0.6 is 0 Å². The molecule has 0 heterocycles. The summed E-state index contributed by atoms with van der Waals surface area (Å²) in [6.07, 6.45) is 0. The van der Waals surface area contributed by atoms with E-state index < -0.39 is 0 Å². The van der Waals surface area contributed by atoms with E-state index in [9.17, 15) is 0 Å². The fraction of sp³-hybridized carbons (Fsp3) is 0.143. The molecule has 0 aromatic heterocycles. The van der Waals surface area contributed by atoms with E-state index in [1.54, 1.807) is 0 Å². The first-order valence-corrected chi connectivity index (χ1v) is 15.7. The topological polar surface area (TPSA) is 104 Å². The Kier molecular flexibility index (Phi) is 7.83. The van der Waals surface area contributed by atoms with Crippen molar-refractivity contribution in [1.82, 2.24) is 0 Å².